The molecule has 0 heterocycles. The summed E-state index contributed by atoms with van der Waals surface area (Å²) in [7, 11) is 0. The zero-order valence-electron chi connectivity index (χ0n) is 19.5. The van der Waals surface area contributed by atoms with Crippen molar-refractivity contribution in [1.29, 1.82) is 0 Å². The van der Waals surface area contributed by atoms with Crippen LogP contribution in [-0.4, -0.2) is 34.0 Å². The Morgan fingerprint density at radius 2 is 0.811 bits per heavy atom. The van der Waals surface area contributed by atoms with Crippen molar-refractivity contribution in [3.05, 3.63) is 130 Å². The van der Waals surface area contributed by atoms with Crippen LogP contribution >= 0.6 is 0 Å². The van der Waals surface area contributed by atoms with E-state index in [4.69, 9.17) is 0 Å². The average Bonchev–Trinajstić information content (AvgIpc) is 2.90. The SMILES string of the molecule is O=C(O)c1ccccc1C(=O)Nc1ccc(Cc2ccc(NC(=O)c3ccccc3C(=O)O)cc2)cc1. The van der Waals surface area contributed by atoms with E-state index in [1.807, 2.05) is 24.3 Å². The molecule has 4 N–H and O–H groups in total. The van der Waals surface area contributed by atoms with Crippen LogP contribution in [0, 0.1) is 0 Å². The topological polar surface area (TPSA) is 133 Å². The number of amides is 2. The lowest BCUT2D eigenvalue weighted by atomic mass is 10.0. The molecule has 0 spiro atoms. The molecule has 0 radical (unpaired) electrons. The zero-order chi connectivity index (χ0) is 26.4. The van der Waals surface area contributed by atoms with Crippen LogP contribution in [-0.2, 0) is 6.42 Å². The molecule has 0 aromatic heterocycles. The Bertz CT molecular complexity index is 1360. The number of nitrogens with one attached hydrogen (secondary N) is 2. The fourth-order valence-electron chi connectivity index (χ4n) is 3.78. The van der Waals surface area contributed by atoms with E-state index in [9.17, 15) is 29.4 Å². The molecule has 8 heteroatoms. The predicted octanol–water partition coefficient (Wildman–Crippen LogP) is 5.18. The lowest BCUT2D eigenvalue weighted by molar-refractivity contribution is 0.0683. The van der Waals surface area contributed by atoms with Crippen LogP contribution in [0.3, 0.4) is 0 Å². The number of rotatable bonds is 8. The summed E-state index contributed by atoms with van der Waals surface area (Å²) in [6.07, 6.45) is 0.603. The molecule has 4 rings (SSSR count). The van der Waals surface area contributed by atoms with Gasteiger partial charge in [0.25, 0.3) is 11.8 Å². The third kappa shape index (κ3) is 6.07. The molecular formula is C29H22N2O6. The standard InChI is InChI=1S/C29H22N2O6/c32-26(22-5-1-3-7-24(22)28(34)35)30-20-13-9-18(10-14-20)17-19-11-15-21(16-12-19)31-27(33)23-6-2-4-8-25(23)29(36)37/h1-16H,17H2,(H,30,32)(H,31,33)(H,34,35)(H,36,37). The number of hydrogen-bond donors (Lipinski definition) is 4. The molecule has 37 heavy (non-hydrogen) atoms. The summed E-state index contributed by atoms with van der Waals surface area (Å²) in [4.78, 5) is 47.8. The monoisotopic (exact) mass is 494 g/mol. The molecule has 0 aliphatic rings. The van der Waals surface area contributed by atoms with Crippen molar-refractivity contribution in [2.45, 2.75) is 6.42 Å². The summed E-state index contributed by atoms with van der Waals surface area (Å²) in [5, 5.41) is 24.0. The largest absolute Gasteiger partial charge is 0.478 e. The van der Waals surface area contributed by atoms with Crippen molar-refractivity contribution in [2.75, 3.05) is 10.6 Å². The van der Waals surface area contributed by atoms with Crippen molar-refractivity contribution in [1.82, 2.24) is 0 Å². The second-order valence-corrected chi connectivity index (χ2v) is 8.18. The molecule has 0 fully saturated rings. The lowest BCUT2D eigenvalue weighted by Gasteiger charge is -2.10. The molecule has 8 nitrogen and oxygen atoms in total. The number of anilines is 2. The van der Waals surface area contributed by atoms with Crippen molar-refractivity contribution < 1.29 is 29.4 Å². The highest BCUT2D eigenvalue weighted by Crippen LogP contribution is 2.19. The molecule has 2 amide bonds. The van der Waals surface area contributed by atoms with Gasteiger partial charge in [0, 0.05) is 11.4 Å². The van der Waals surface area contributed by atoms with E-state index in [-0.39, 0.29) is 22.3 Å². The van der Waals surface area contributed by atoms with Gasteiger partial charge >= 0.3 is 11.9 Å². The quantitative estimate of drug-likeness (QED) is 0.267. The van der Waals surface area contributed by atoms with Gasteiger partial charge in [-0.25, -0.2) is 9.59 Å². The van der Waals surface area contributed by atoms with Gasteiger partial charge in [0.05, 0.1) is 22.3 Å². The van der Waals surface area contributed by atoms with Crippen molar-refractivity contribution in [3.8, 4) is 0 Å². The van der Waals surface area contributed by atoms with Crippen LogP contribution in [0.2, 0.25) is 0 Å². The minimum atomic E-state index is -1.17. The molecule has 4 aromatic rings. The van der Waals surface area contributed by atoms with E-state index in [0.29, 0.717) is 17.8 Å². The molecule has 0 aliphatic heterocycles. The fraction of sp³-hybridized carbons (Fsp3) is 0.0345. The molecule has 184 valence electrons. The molecule has 0 saturated carbocycles. The fourth-order valence-corrected chi connectivity index (χ4v) is 3.78. The maximum Gasteiger partial charge on any atom is 0.336 e. The number of benzene rings is 4. The first-order valence-electron chi connectivity index (χ1n) is 11.3. The molecule has 0 bridgehead atoms. The Labute approximate surface area is 212 Å². The summed E-state index contributed by atoms with van der Waals surface area (Å²) >= 11 is 0. The number of aromatic carboxylic acids is 2. The minimum absolute atomic E-state index is 0.0673. The van der Waals surface area contributed by atoms with E-state index < -0.39 is 23.8 Å². The van der Waals surface area contributed by atoms with Gasteiger partial charge in [-0.05, 0) is 66.1 Å². The van der Waals surface area contributed by atoms with Crippen LogP contribution < -0.4 is 10.6 Å². The summed E-state index contributed by atoms with van der Waals surface area (Å²) in [5.41, 5.74) is 3.06. The lowest BCUT2D eigenvalue weighted by Crippen LogP contribution is -2.16. The van der Waals surface area contributed by atoms with Gasteiger partial charge in [0.2, 0.25) is 0 Å². The predicted molar refractivity (Wildman–Crippen MR) is 138 cm³/mol. The number of hydrogen-bond acceptors (Lipinski definition) is 4. The smallest absolute Gasteiger partial charge is 0.336 e. The zero-order valence-corrected chi connectivity index (χ0v) is 19.5. The average molecular weight is 495 g/mol. The number of carboxylic acid groups (broad SMARTS) is 2. The molecule has 0 atom stereocenters. The third-order valence-electron chi connectivity index (χ3n) is 5.64. The maximum atomic E-state index is 12.5. The van der Waals surface area contributed by atoms with Gasteiger partial charge in [-0.1, -0.05) is 48.5 Å². The van der Waals surface area contributed by atoms with Gasteiger partial charge in [-0.15, -0.1) is 0 Å². The van der Waals surface area contributed by atoms with Gasteiger partial charge in [0.15, 0.2) is 0 Å². The third-order valence-corrected chi connectivity index (χ3v) is 5.64. The van der Waals surface area contributed by atoms with Gasteiger partial charge < -0.3 is 20.8 Å². The Hall–Kier alpha value is -5.24. The van der Waals surface area contributed by atoms with Crippen LogP contribution in [0.5, 0.6) is 0 Å². The summed E-state index contributed by atoms with van der Waals surface area (Å²) in [6.45, 7) is 0. The van der Waals surface area contributed by atoms with Crippen LogP contribution in [0.25, 0.3) is 0 Å². The Morgan fingerprint density at radius 1 is 0.486 bits per heavy atom. The van der Waals surface area contributed by atoms with Gasteiger partial charge in [0.1, 0.15) is 0 Å². The van der Waals surface area contributed by atoms with E-state index in [0.717, 1.165) is 11.1 Å². The van der Waals surface area contributed by atoms with Crippen molar-refractivity contribution >= 4 is 35.1 Å². The Morgan fingerprint density at radius 3 is 1.14 bits per heavy atom. The van der Waals surface area contributed by atoms with E-state index in [2.05, 4.69) is 10.6 Å². The first kappa shape index (κ1) is 24.9. The molecule has 0 aliphatic carbocycles. The Balaban J connectivity index is 1.37. The van der Waals surface area contributed by atoms with Crippen LogP contribution in [0.15, 0.2) is 97.1 Å². The van der Waals surface area contributed by atoms with E-state index in [1.165, 1.54) is 24.3 Å². The Kier molecular flexibility index (Phi) is 7.40. The second-order valence-electron chi connectivity index (χ2n) is 8.18. The summed E-state index contributed by atoms with van der Waals surface area (Å²) < 4.78 is 0. The molecular weight excluding hydrogens is 472 g/mol. The number of carbonyl (C=O) groups is 4. The number of carbonyl (C=O) groups excluding carboxylic acids is 2. The highest BCUT2D eigenvalue weighted by atomic mass is 16.4. The highest BCUT2D eigenvalue weighted by Gasteiger charge is 2.17. The summed E-state index contributed by atoms with van der Waals surface area (Å²) in [6, 6.07) is 26.4. The molecule has 0 unspecified atom stereocenters. The molecule has 0 saturated heterocycles. The first-order chi connectivity index (χ1) is 17.8. The van der Waals surface area contributed by atoms with Crippen LogP contribution in [0.1, 0.15) is 52.6 Å². The van der Waals surface area contributed by atoms with Crippen molar-refractivity contribution in [3.63, 3.8) is 0 Å². The molecule has 4 aromatic carbocycles. The van der Waals surface area contributed by atoms with E-state index >= 15 is 0 Å². The van der Waals surface area contributed by atoms with Gasteiger partial charge in [-0.3, -0.25) is 9.59 Å². The minimum Gasteiger partial charge on any atom is -0.478 e. The second kappa shape index (κ2) is 11.0. The normalized spacial score (nSPS) is 10.4. The van der Waals surface area contributed by atoms with Crippen LogP contribution in [0.4, 0.5) is 11.4 Å². The first-order valence-corrected chi connectivity index (χ1v) is 11.3. The summed E-state index contributed by atoms with van der Waals surface area (Å²) in [5.74, 6) is -3.35. The number of carboxylic acids is 2. The van der Waals surface area contributed by atoms with Gasteiger partial charge in [-0.2, -0.15) is 0 Å². The highest BCUT2D eigenvalue weighted by molar-refractivity contribution is 6.11. The van der Waals surface area contributed by atoms with E-state index in [1.54, 1.807) is 48.5 Å². The maximum absolute atomic E-state index is 12.5. The van der Waals surface area contributed by atoms with Crippen molar-refractivity contribution in [2.24, 2.45) is 0 Å².